The maximum absolute atomic E-state index is 12.8. The lowest BCUT2D eigenvalue weighted by atomic mass is 9.90. The topological polar surface area (TPSA) is 53.0 Å². The van der Waals surface area contributed by atoms with Crippen LogP contribution in [0.15, 0.2) is 30.3 Å². The molecule has 2 aromatic rings. The Labute approximate surface area is 158 Å². The van der Waals surface area contributed by atoms with Crippen molar-refractivity contribution in [3.63, 3.8) is 0 Å². The second kappa shape index (κ2) is 8.05. The highest BCUT2D eigenvalue weighted by atomic mass is 32.1. The summed E-state index contributed by atoms with van der Waals surface area (Å²) in [5, 5.41) is 11.7. The zero-order chi connectivity index (χ0) is 17.9. The van der Waals surface area contributed by atoms with E-state index in [0.29, 0.717) is 0 Å². The summed E-state index contributed by atoms with van der Waals surface area (Å²) < 4.78 is 6.52. The number of aliphatic hydroxyl groups is 1. The van der Waals surface area contributed by atoms with Crippen LogP contribution in [-0.2, 0) is 4.74 Å². The first kappa shape index (κ1) is 17.9. The predicted octanol–water partition coefficient (Wildman–Crippen LogP) is 2.45. The lowest BCUT2D eigenvalue weighted by molar-refractivity contribution is -0.00896. The first-order chi connectivity index (χ1) is 12.7. The number of β-amino-alcohol motifs (C(OH)–C–C–N with tert-alkyl or cyclic N) is 1. The molecular weight excluding hydrogens is 348 g/mol. The first-order valence-corrected chi connectivity index (χ1v) is 10.3. The van der Waals surface area contributed by atoms with Gasteiger partial charge in [-0.2, -0.15) is 0 Å². The number of morpholine rings is 1. The number of aliphatic hydroxyl groups excluding tert-OH is 1. The van der Waals surface area contributed by atoms with Gasteiger partial charge in [-0.1, -0.05) is 18.2 Å². The second-order valence-electron chi connectivity index (χ2n) is 7.26. The minimum Gasteiger partial charge on any atom is -0.392 e. The highest BCUT2D eigenvalue weighted by Crippen LogP contribution is 2.28. The first-order valence-electron chi connectivity index (χ1n) is 9.47. The predicted molar refractivity (Wildman–Crippen MR) is 104 cm³/mol. The molecule has 0 saturated carbocycles. The van der Waals surface area contributed by atoms with Crippen molar-refractivity contribution in [3.8, 4) is 0 Å². The maximum atomic E-state index is 12.8. The third kappa shape index (κ3) is 3.93. The molecular formula is C20H26N2O3S. The normalized spacial score (nSPS) is 21.2. The van der Waals surface area contributed by atoms with Crippen LogP contribution >= 0.6 is 11.3 Å². The molecule has 0 spiro atoms. The molecule has 1 aromatic heterocycles. The summed E-state index contributed by atoms with van der Waals surface area (Å²) in [4.78, 5) is 17.9. The van der Waals surface area contributed by atoms with E-state index < -0.39 is 0 Å². The standard InChI is InChI=1S/C20H26N2O3S/c23-17(14-21-9-11-25-12-10-21)15-5-7-22(8-6-15)20(24)19-13-16-3-1-2-4-18(16)26-19/h1-4,13,15,17,23H,5-12,14H2. The molecule has 0 aliphatic carbocycles. The number of amides is 1. The van der Waals surface area contributed by atoms with Gasteiger partial charge in [0.1, 0.15) is 0 Å². The number of nitrogens with zero attached hydrogens (tertiary/aromatic N) is 2. The van der Waals surface area contributed by atoms with Crippen molar-refractivity contribution < 1.29 is 14.6 Å². The van der Waals surface area contributed by atoms with Crippen LogP contribution in [0, 0.1) is 5.92 Å². The van der Waals surface area contributed by atoms with Crippen LogP contribution in [0.1, 0.15) is 22.5 Å². The van der Waals surface area contributed by atoms with Gasteiger partial charge >= 0.3 is 0 Å². The molecule has 1 atom stereocenters. The zero-order valence-corrected chi connectivity index (χ0v) is 15.8. The van der Waals surface area contributed by atoms with Crippen molar-refractivity contribution in [2.24, 2.45) is 5.92 Å². The second-order valence-corrected chi connectivity index (χ2v) is 8.34. The number of hydrogen-bond donors (Lipinski definition) is 1. The van der Waals surface area contributed by atoms with Gasteiger partial charge in [0.15, 0.2) is 0 Å². The Hall–Kier alpha value is -1.47. The van der Waals surface area contributed by atoms with Crippen LogP contribution in [0.3, 0.4) is 0 Å². The highest BCUT2D eigenvalue weighted by Gasteiger charge is 2.29. The molecule has 140 valence electrons. The smallest absolute Gasteiger partial charge is 0.263 e. The number of thiophene rings is 1. The van der Waals surface area contributed by atoms with Gasteiger partial charge in [-0.25, -0.2) is 0 Å². The van der Waals surface area contributed by atoms with E-state index in [1.54, 1.807) is 11.3 Å². The fourth-order valence-electron chi connectivity index (χ4n) is 3.93. The van der Waals surface area contributed by atoms with Crippen molar-refractivity contribution in [1.82, 2.24) is 9.80 Å². The Bertz CT molecular complexity index is 715. The van der Waals surface area contributed by atoms with Gasteiger partial charge in [0.05, 0.1) is 24.2 Å². The Balaban J connectivity index is 1.31. The molecule has 2 aliphatic heterocycles. The molecule has 2 saturated heterocycles. The van der Waals surface area contributed by atoms with E-state index in [0.717, 1.165) is 73.7 Å². The molecule has 0 radical (unpaired) electrons. The lowest BCUT2D eigenvalue weighted by Crippen LogP contribution is -2.46. The molecule has 6 heteroatoms. The molecule has 2 fully saturated rings. The summed E-state index contributed by atoms with van der Waals surface area (Å²) in [6.07, 6.45) is 1.44. The largest absolute Gasteiger partial charge is 0.392 e. The highest BCUT2D eigenvalue weighted by molar-refractivity contribution is 7.20. The molecule has 5 nitrogen and oxygen atoms in total. The number of benzene rings is 1. The van der Waals surface area contributed by atoms with E-state index in [4.69, 9.17) is 4.74 Å². The van der Waals surface area contributed by atoms with Crippen molar-refractivity contribution >= 4 is 27.3 Å². The van der Waals surface area contributed by atoms with Crippen molar-refractivity contribution in [2.45, 2.75) is 18.9 Å². The lowest BCUT2D eigenvalue weighted by Gasteiger charge is -2.36. The number of fused-ring (bicyclic) bond motifs is 1. The molecule has 1 aromatic carbocycles. The van der Waals surface area contributed by atoms with Crippen LogP contribution in [0.25, 0.3) is 10.1 Å². The fraction of sp³-hybridized carbons (Fsp3) is 0.550. The fourth-order valence-corrected chi connectivity index (χ4v) is 4.96. The molecule has 0 bridgehead atoms. The minimum absolute atomic E-state index is 0.132. The molecule has 2 aliphatic rings. The van der Waals surface area contributed by atoms with Crippen LogP contribution < -0.4 is 0 Å². The number of likely N-dealkylation sites (tertiary alicyclic amines) is 1. The number of ether oxygens (including phenoxy) is 1. The zero-order valence-electron chi connectivity index (χ0n) is 15.0. The number of rotatable bonds is 4. The SMILES string of the molecule is O=C(c1cc2ccccc2s1)N1CCC(C(O)CN2CCOCC2)CC1. The molecule has 4 rings (SSSR count). The van der Waals surface area contributed by atoms with Gasteiger partial charge in [-0.3, -0.25) is 9.69 Å². The molecule has 1 amide bonds. The average molecular weight is 375 g/mol. The Morgan fingerprint density at radius 1 is 1.19 bits per heavy atom. The van der Waals surface area contributed by atoms with Crippen molar-refractivity contribution in [3.05, 3.63) is 35.2 Å². The number of hydrogen-bond acceptors (Lipinski definition) is 5. The summed E-state index contributed by atoms with van der Waals surface area (Å²) >= 11 is 1.57. The Morgan fingerprint density at radius 3 is 2.65 bits per heavy atom. The van der Waals surface area contributed by atoms with Gasteiger partial charge in [0, 0.05) is 37.4 Å². The van der Waals surface area contributed by atoms with E-state index in [9.17, 15) is 9.90 Å². The maximum Gasteiger partial charge on any atom is 0.263 e. The van der Waals surface area contributed by atoms with Crippen LogP contribution in [0.2, 0.25) is 0 Å². The average Bonchev–Trinajstić information content (AvgIpc) is 3.12. The van der Waals surface area contributed by atoms with E-state index in [2.05, 4.69) is 17.0 Å². The minimum atomic E-state index is -0.310. The van der Waals surface area contributed by atoms with Crippen LogP contribution in [0.5, 0.6) is 0 Å². The van der Waals surface area contributed by atoms with Gasteiger partial charge in [-0.15, -0.1) is 11.3 Å². The van der Waals surface area contributed by atoms with Crippen molar-refractivity contribution in [1.29, 1.82) is 0 Å². The summed E-state index contributed by atoms with van der Waals surface area (Å²) in [6.45, 7) is 5.51. The third-order valence-electron chi connectivity index (χ3n) is 5.56. The molecule has 1 unspecified atom stereocenters. The van der Waals surface area contributed by atoms with Gasteiger partial charge in [0.25, 0.3) is 5.91 Å². The molecule has 26 heavy (non-hydrogen) atoms. The van der Waals surface area contributed by atoms with E-state index >= 15 is 0 Å². The van der Waals surface area contributed by atoms with Gasteiger partial charge < -0.3 is 14.7 Å². The monoisotopic (exact) mass is 374 g/mol. The number of carbonyl (C=O) groups excluding carboxylic acids is 1. The quantitative estimate of drug-likeness (QED) is 0.893. The summed E-state index contributed by atoms with van der Waals surface area (Å²) in [7, 11) is 0. The van der Waals surface area contributed by atoms with Crippen LogP contribution in [0.4, 0.5) is 0 Å². The summed E-state index contributed by atoms with van der Waals surface area (Å²) in [5.74, 6) is 0.414. The molecule has 1 N–H and O–H groups in total. The van der Waals surface area contributed by atoms with Crippen LogP contribution in [-0.4, -0.2) is 72.9 Å². The van der Waals surface area contributed by atoms with Crippen molar-refractivity contribution in [2.75, 3.05) is 45.9 Å². The summed E-state index contributed by atoms with van der Waals surface area (Å²) in [6, 6.07) is 10.1. The third-order valence-corrected chi connectivity index (χ3v) is 6.66. The van der Waals surface area contributed by atoms with Gasteiger partial charge in [0.2, 0.25) is 0 Å². The van der Waals surface area contributed by atoms with E-state index in [1.807, 2.05) is 23.1 Å². The number of carbonyl (C=O) groups is 1. The van der Waals surface area contributed by atoms with Gasteiger partial charge in [-0.05, 0) is 36.3 Å². The Morgan fingerprint density at radius 2 is 1.92 bits per heavy atom. The van der Waals surface area contributed by atoms with E-state index in [-0.39, 0.29) is 17.9 Å². The Kier molecular flexibility index (Phi) is 5.55. The summed E-state index contributed by atoms with van der Waals surface area (Å²) in [5.41, 5.74) is 0. The van der Waals surface area contributed by atoms with E-state index in [1.165, 1.54) is 0 Å². The number of piperidine rings is 1. The molecule has 3 heterocycles.